The van der Waals surface area contributed by atoms with Crippen molar-refractivity contribution in [3.05, 3.63) is 0 Å². The Morgan fingerprint density at radius 1 is 1.29 bits per heavy atom. The zero-order chi connectivity index (χ0) is 12.7. The second-order valence-corrected chi connectivity index (χ2v) is 5.45. The zero-order valence-corrected chi connectivity index (χ0v) is 11.1. The minimum Gasteiger partial charge on any atom is -0.444 e. The van der Waals surface area contributed by atoms with E-state index in [0.717, 1.165) is 32.5 Å². The average Bonchev–Trinajstić information content (AvgIpc) is 2.10. The van der Waals surface area contributed by atoms with Crippen molar-refractivity contribution >= 4 is 6.09 Å². The van der Waals surface area contributed by atoms with E-state index in [-0.39, 0.29) is 6.09 Å². The van der Waals surface area contributed by atoms with Gasteiger partial charge in [-0.3, -0.25) is 0 Å². The van der Waals surface area contributed by atoms with E-state index in [1.807, 2.05) is 20.8 Å². The largest absolute Gasteiger partial charge is 0.444 e. The predicted octanol–water partition coefficient (Wildman–Crippen LogP) is 0.853. The molecule has 3 N–H and O–H groups in total. The third-order valence-electron chi connectivity index (χ3n) is 2.49. The van der Waals surface area contributed by atoms with Crippen molar-refractivity contribution in [2.75, 3.05) is 26.2 Å². The van der Waals surface area contributed by atoms with Gasteiger partial charge in [-0.15, -0.1) is 0 Å². The molecule has 1 amide bonds. The number of amides is 1. The van der Waals surface area contributed by atoms with Crippen LogP contribution in [0.4, 0.5) is 4.79 Å². The van der Waals surface area contributed by atoms with Gasteiger partial charge in [-0.05, 0) is 40.2 Å². The number of hydrogen-bond donors (Lipinski definition) is 3. The van der Waals surface area contributed by atoms with Crippen molar-refractivity contribution in [3.8, 4) is 0 Å². The molecule has 0 aromatic heterocycles. The Balaban J connectivity index is 1.87. The lowest BCUT2D eigenvalue weighted by Gasteiger charge is -2.28. The molecule has 0 aromatic carbocycles. The van der Waals surface area contributed by atoms with Gasteiger partial charge in [0.25, 0.3) is 0 Å². The van der Waals surface area contributed by atoms with Gasteiger partial charge in [0.15, 0.2) is 0 Å². The van der Waals surface area contributed by atoms with Gasteiger partial charge in [-0.2, -0.15) is 0 Å². The normalized spacial score (nSPS) is 16.4. The molecule has 1 saturated heterocycles. The number of carbonyl (C=O) groups excluding carboxylic acids is 1. The summed E-state index contributed by atoms with van der Waals surface area (Å²) in [5.41, 5.74) is -0.414. The standard InChI is InChI=1S/C12H25N3O2/c1-12(2,3)17-11(16)15-7-5-4-6-14-10-8-13-9-10/h10,13-14H,4-9H2,1-3H3,(H,15,16). The van der Waals surface area contributed by atoms with E-state index in [2.05, 4.69) is 16.0 Å². The maximum atomic E-state index is 11.3. The second-order valence-electron chi connectivity index (χ2n) is 5.45. The molecule has 5 heteroatoms. The molecule has 0 unspecified atom stereocenters. The molecule has 0 spiro atoms. The molecule has 1 fully saturated rings. The van der Waals surface area contributed by atoms with E-state index < -0.39 is 5.60 Å². The molecule has 5 nitrogen and oxygen atoms in total. The monoisotopic (exact) mass is 243 g/mol. The van der Waals surface area contributed by atoms with Crippen LogP contribution in [0.1, 0.15) is 33.6 Å². The summed E-state index contributed by atoms with van der Waals surface area (Å²) in [6, 6.07) is 0.647. The van der Waals surface area contributed by atoms with Crippen LogP contribution < -0.4 is 16.0 Å². The van der Waals surface area contributed by atoms with E-state index in [4.69, 9.17) is 4.74 Å². The summed E-state index contributed by atoms with van der Waals surface area (Å²) in [5.74, 6) is 0. The first-order chi connectivity index (χ1) is 7.97. The molecule has 0 bridgehead atoms. The highest BCUT2D eigenvalue weighted by Crippen LogP contribution is 2.06. The Hall–Kier alpha value is -0.810. The van der Waals surface area contributed by atoms with Gasteiger partial charge in [0.2, 0.25) is 0 Å². The van der Waals surface area contributed by atoms with Crippen molar-refractivity contribution in [1.82, 2.24) is 16.0 Å². The topological polar surface area (TPSA) is 62.4 Å². The van der Waals surface area contributed by atoms with E-state index in [1.54, 1.807) is 0 Å². The molecule has 1 rings (SSSR count). The van der Waals surface area contributed by atoms with Crippen LogP contribution in [0.3, 0.4) is 0 Å². The van der Waals surface area contributed by atoms with Gasteiger partial charge in [0.1, 0.15) is 5.60 Å². The molecule has 0 aromatic rings. The van der Waals surface area contributed by atoms with Crippen LogP contribution in [0.25, 0.3) is 0 Å². The van der Waals surface area contributed by atoms with Gasteiger partial charge in [0.05, 0.1) is 0 Å². The first kappa shape index (κ1) is 14.3. The molecular formula is C12H25N3O2. The Morgan fingerprint density at radius 3 is 2.47 bits per heavy atom. The van der Waals surface area contributed by atoms with Crippen LogP contribution >= 0.6 is 0 Å². The van der Waals surface area contributed by atoms with Gasteiger partial charge in [-0.25, -0.2) is 4.79 Å². The van der Waals surface area contributed by atoms with E-state index in [9.17, 15) is 4.79 Å². The third-order valence-corrected chi connectivity index (χ3v) is 2.49. The minimum atomic E-state index is -0.414. The van der Waals surface area contributed by atoms with Gasteiger partial charge in [-0.1, -0.05) is 0 Å². The molecule has 0 radical (unpaired) electrons. The first-order valence-corrected chi connectivity index (χ1v) is 6.38. The van der Waals surface area contributed by atoms with Crippen LogP contribution in [0.15, 0.2) is 0 Å². The average molecular weight is 243 g/mol. The third kappa shape index (κ3) is 7.18. The number of carbonyl (C=O) groups is 1. The number of rotatable bonds is 6. The van der Waals surface area contributed by atoms with Crippen molar-refractivity contribution in [1.29, 1.82) is 0 Å². The molecule has 0 atom stereocenters. The molecule has 17 heavy (non-hydrogen) atoms. The molecule has 1 heterocycles. The van der Waals surface area contributed by atoms with Crippen molar-refractivity contribution < 1.29 is 9.53 Å². The summed E-state index contributed by atoms with van der Waals surface area (Å²) in [5, 5.41) is 9.41. The fourth-order valence-corrected chi connectivity index (χ4v) is 1.49. The number of alkyl carbamates (subject to hydrolysis) is 1. The van der Waals surface area contributed by atoms with Crippen molar-refractivity contribution in [3.63, 3.8) is 0 Å². The highest BCUT2D eigenvalue weighted by atomic mass is 16.6. The Labute approximate surface area is 104 Å². The van der Waals surface area contributed by atoms with Gasteiger partial charge in [0, 0.05) is 25.7 Å². The quantitative estimate of drug-likeness (QED) is 0.605. The second kappa shape index (κ2) is 6.81. The van der Waals surface area contributed by atoms with Crippen LogP contribution in [0, 0.1) is 0 Å². The zero-order valence-electron chi connectivity index (χ0n) is 11.1. The maximum Gasteiger partial charge on any atom is 0.407 e. The molecule has 0 aliphatic carbocycles. The minimum absolute atomic E-state index is 0.325. The lowest BCUT2D eigenvalue weighted by molar-refractivity contribution is 0.0527. The summed E-state index contributed by atoms with van der Waals surface area (Å²) in [4.78, 5) is 11.3. The SMILES string of the molecule is CC(C)(C)OC(=O)NCCCCNC1CNC1. The van der Waals surface area contributed by atoms with E-state index in [1.165, 1.54) is 0 Å². The van der Waals surface area contributed by atoms with Crippen LogP contribution in [-0.2, 0) is 4.74 Å². The Kier molecular flexibility index (Phi) is 5.71. The number of hydrogen-bond acceptors (Lipinski definition) is 4. The Morgan fingerprint density at radius 2 is 1.94 bits per heavy atom. The van der Waals surface area contributed by atoms with Gasteiger partial charge >= 0.3 is 6.09 Å². The van der Waals surface area contributed by atoms with Crippen molar-refractivity contribution in [2.24, 2.45) is 0 Å². The Bertz CT molecular complexity index is 234. The highest BCUT2D eigenvalue weighted by Gasteiger charge is 2.16. The highest BCUT2D eigenvalue weighted by molar-refractivity contribution is 5.67. The van der Waals surface area contributed by atoms with Crippen LogP contribution in [0.5, 0.6) is 0 Å². The number of ether oxygens (including phenoxy) is 1. The predicted molar refractivity (Wildman–Crippen MR) is 68.1 cm³/mol. The van der Waals surface area contributed by atoms with Crippen LogP contribution in [0.2, 0.25) is 0 Å². The summed E-state index contributed by atoms with van der Waals surface area (Å²) in [6.07, 6.45) is 1.73. The van der Waals surface area contributed by atoms with E-state index in [0.29, 0.717) is 12.6 Å². The molecule has 1 aliphatic heterocycles. The van der Waals surface area contributed by atoms with Crippen molar-refractivity contribution in [2.45, 2.75) is 45.3 Å². The lowest BCUT2D eigenvalue weighted by atomic mass is 10.2. The van der Waals surface area contributed by atoms with E-state index >= 15 is 0 Å². The maximum absolute atomic E-state index is 11.3. The summed E-state index contributed by atoms with van der Waals surface area (Å²) >= 11 is 0. The summed E-state index contributed by atoms with van der Waals surface area (Å²) in [6.45, 7) is 9.45. The molecular weight excluding hydrogens is 218 g/mol. The fourth-order valence-electron chi connectivity index (χ4n) is 1.49. The van der Waals surface area contributed by atoms with Crippen LogP contribution in [-0.4, -0.2) is 43.9 Å². The molecule has 0 saturated carbocycles. The fraction of sp³-hybridized carbons (Fsp3) is 0.917. The van der Waals surface area contributed by atoms with Gasteiger partial charge < -0.3 is 20.7 Å². The summed E-state index contributed by atoms with van der Waals surface area (Å²) < 4.78 is 5.14. The molecule has 1 aliphatic rings. The molecule has 100 valence electrons. The lowest BCUT2D eigenvalue weighted by Crippen LogP contribution is -2.55. The number of unbranched alkanes of at least 4 members (excludes halogenated alkanes) is 1. The first-order valence-electron chi connectivity index (χ1n) is 6.38. The number of nitrogens with one attached hydrogen (secondary N) is 3. The summed E-state index contributed by atoms with van der Waals surface area (Å²) in [7, 11) is 0. The smallest absolute Gasteiger partial charge is 0.407 e.